The Hall–Kier alpha value is -4.76. The van der Waals surface area contributed by atoms with E-state index in [0.29, 0.717) is 27.2 Å². The highest BCUT2D eigenvalue weighted by Crippen LogP contribution is 2.35. The predicted octanol–water partition coefficient (Wildman–Crippen LogP) is 4.47. The average Bonchev–Trinajstić information content (AvgIpc) is 3.48. The van der Waals surface area contributed by atoms with Crippen molar-refractivity contribution in [2.24, 2.45) is 4.99 Å². The highest BCUT2D eigenvalue weighted by atomic mass is 32.1. The third kappa shape index (κ3) is 4.75. The summed E-state index contributed by atoms with van der Waals surface area (Å²) in [5.74, 6) is -0.825. The molecule has 2 aromatic heterocycles. The lowest BCUT2D eigenvalue weighted by atomic mass is 9.91. The number of hydrogen-bond acceptors (Lipinski definition) is 7. The minimum atomic E-state index is -0.710. The van der Waals surface area contributed by atoms with Gasteiger partial charge in [-0.3, -0.25) is 14.2 Å². The number of fused-ring (bicyclic) bond motifs is 3. The Kier molecular flexibility index (Phi) is 7.34. The molecule has 5 aromatic rings. The summed E-state index contributed by atoms with van der Waals surface area (Å²) in [6, 6.07) is 20.8. The molecule has 0 fully saturated rings. The van der Waals surface area contributed by atoms with Crippen molar-refractivity contribution >= 4 is 51.0 Å². The van der Waals surface area contributed by atoms with Gasteiger partial charge in [-0.05, 0) is 49.2 Å². The van der Waals surface area contributed by atoms with E-state index in [1.807, 2.05) is 83.6 Å². The van der Waals surface area contributed by atoms with Gasteiger partial charge in [-0.15, -0.1) is 0 Å². The molecule has 8 nitrogen and oxygen atoms in total. The van der Waals surface area contributed by atoms with E-state index in [2.05, 4.69) is 0 Å². The molecule has 0 bridgehead atoms. The van der Waals surface area contributed by atoms with Crippen molar-refractivity contribution in [3.05, 3.63) is 115 Å². The lowest BCUT2D eigenvalue weighted by Crippen LogP contribution is -2.40. The van der Waals surface area contributed by atoms with Crippen LogP contribution in [0, 0.1) is 0 Å². The van der Waals surface area contributed by atoms with Gasteiger partial charge < -0.3 is 14.0 Å². The Morgan fingerprint density at radius 2 is 1.67 bits per heavy atom. The zero-order valence-corrected chi connectivity index (χ0v) is 24.3. The lowest BCUT2D eigenvalue weighted by Gasteiger charge is -2.25. The summed E-state index contributed by atoms with van der Waals surface area (Å²) in [7, 11) is 0. The largest absolute Gasteiger partial charge is 0.465 e. The number of thiazole rings is 1. The van der Waals surface area contributed by atoms with Gasteiger partial charge in [-0.2, -0.15) is 0 Å². The standard InChI is InChI=1S/C33H29N3O5S/c1-4-40-28(37)19-35-18-22(24-14-8-9-16-26(24)35)17-27-31(38)36-30(25-15-10-12-21-11-6-7-13-23(21)25)29(32(39)41-5-2)20(3)34-33(36)42-27/h6-18,30H,4-5,19H2,1-3H3/b27-17+. The second-order valence-corrected chi connectivity index (χ2v) is 10.9. The lowest BCUT2D eigenvalue weighted by molar-refractivity contribution is -0.143. The van der Waals surface area contributed by atoms with Crippen molar-refractivity contribution in [1.29, 1.82) is 0 Å². The first-order valence-corrected chi connectivity index (χ1v) is 14.6. The van der Waals surface area contributed by atoms with Gasteiger partial charge in [0.05, 0.1) is 35.1 Å². The molecular weight excluding hydrogens is 550 g/mol. The van der Waals surface area contributed by atoms with Crippen LogP contribution in [-0.4, -0.2) is 34.3 Å². The second-order valence-electron chi connectivity index (χ2n) is 9.91. The van der Waals surface area contributed by atoms with Crippen LogP contribution in [0.5, 0.6) is 0 Å². The van der Waals surface area contributed by atoms with Gasteiger partial charge >= 0.3 is 11.9 Å². The number of aromatic nitrogens is 2. The van der Waals surface area contributed by atoms with Gasteiger partial charge in [0.25, 0.3) is 5.56 Å². The molecule has 1 atom stereocenters. The molecule has 0 aliphatic carbocycles. The normalized spacial score (nSPS) is 15.1. The van der Waals surface area contributed by atoms with Crippen LogP contribution in [0.25, 0.3) is 27.8 Å². The molecule has 42 heavy (non-hydrogen) atoms. The van der Waals surface area contributed by atoms with Crippen molar-refractivity contribution in [3.8, 4) is 0 Å². The molecule has 212 valence electrons. The summed E-state index contributed by atoms with van der Waals surface area (Å²) in [6.45, 7) is 5.89. The molecule has 1 aliphatic rings. The number of carbonyl (C=O) groups is 2. The number of esters is 2. The van der Waals surface area contributed by atoms with Crippen molar-refractivity contribution in [2.75, 3.05) is 13.2 Å². The van der Waals surface area contributed by atoms with Gasteiger partial charge in [0.2, 0.25) is 0 Å². The van der Waals surface area contributed by atoms with Crippen LogP contribution in [0.1, 0.15) is 37.9 Å². The van der Waals surface area contributed by atoms with Crippen LogP contribution in [0.2, 0.25) is 0 Å². The molecule has 3 aromatic carbocycles. The number of para-hydroxylation sites is 1. The van der Waals surface area contributed by atoms with Crippen molar-refractivity contribution < 1.29 is 19.1 Å². The third-order valence-corrected chi connectivity index (χ3v) is 8.33. The Balaban J connectivity index is 1.57. The smallest absolute Gasteiger partial charge is 0.338 e. The number of rotatable bonds is 7. The fraction of sp³-hybridized carbons (Fsp3) is 0.212. The Morgan fingerprint density at radius 3 is 2.45 bits per heavy atom. The van der Waals surface area contributed by atoms with E-state index in [-0.39, 0.29) is 24.7 Å². The molecule has 0 amide bonds. The number of ether oxygens (including phenoxy) is 2. The van der Waals surface area contributed by atoms with E-state index >= 15 is 0 Å². The third-order valence-electron chi connectivity index (χ3n) is 7.35. The quantitative estimate of drug-likeness (QED) is 0.266. The molecule has 0 saturated carbocycles. The van der Waals surface area contributed by atoms with Crippen molar-refractivity contribution in [3.63, 3.8) is 0 Å². The van der Waals surface area contributed by atoms with E-state index in [9.17, 15) is 14.4 Å². The number of hydrogen-bond donors (Lipinski definition) is 0. The number of carbonyl (C=O) groups excluding carboxylic acids is 2. The molecule has 9 heteroatoms. The monoisotopic (exact) mass is 579 g/mol. The summed E-state index contributed by atoms with van der Waals surface area (Å²) < 4.78 is 14.5. The molecule has 1 unspecified atom stereocenters. The highest BCUT2D eigenvalue weighted by molar-refractivity contribution is 7.07. The maximum Gasteiger partial charge on any atom is 0.338 e. The van der Waals surface area contributed by atoms with Crippen LogP contribution in [-0.2, 0) is 25.6 Å². The summed E-state index contributed by atoms with van der Waals surface area (Å²) in [6.07, 6.45) is 3.69. The second kappa shape index (κ2) is 11.3. The maximum atomic E-state index is 14.2. The molecule has 0 radical (unpaired) electrons. The molecule has 0 saturated heterocycles. The summed E-state index contributed by atoms with van der Waals surface area (Å²) in [5.41, 5.74) is 3.09. The van der Waals surface area contributed by atoms with Gasteiger partial charge in [0, 0.05) is 22.7 Å². The number of allylic oxidation sites excluding steroid dienone is 1. The fourth-order valence-corrected chi connectivity index (χ4v) is 6.62. The van der Waals surface area contributed by atoms with Crippen LogP contribution >= 0.6 is 11.3 Å². The van der Waals surface area contributed by atoms with E-state index < -0.39 is 12.0 Å². The highest BCUT2D eigenvalue weighted by Gasteiger charge is 2.34. The van der Waals surface area contributed by atoms with E-state index in [1.165, 1.54) is 11.3 Å². The van der Waals surface area contributed by atoms with Gasteiger partial charge in [-0.25, -0.2) is 9.79 Å². The zero-order chi connectivity index (χ0) is 29.4. The molecular formula is C33H29N3O5S. The first kappa shape index (κ1) is 27.4. The van der Waals surface area contributed by atoms with E-state index in [4.69, 9.17) is 14.5 Å². The maximum absolute atomic E-state index is 14.2. The first-order chi connectivity index (χ1) is 20.4. The van der Waals surface area contributed by atoms with Gasteiger partial charge in [-0.1, -0.05) is 72.0 Å². The summed E-state index contributed by atoms with van der Waals surface area (Å²) in [4.78, 5) is 45.0. The van der Waals surface area contributed by atoms with Gasteiger partial charge in [0.15, 0.2) is 4.80 Å². The average molecular weight is 580 g/mol. The van der Waals surface area contributed by atoms with Crippen molar-refractivity contribution in [2.45, 2.75) is 33.4 Å². The minimum Gasteiger partial charge on any atom is -0.465 e. The predicted molar refractivity (Wildman–Crippen MR) is 163 cm³/mol. The molecule has 6 rings (SSSR count). The van der Waals surface area contributed by atoms with Crippen LogP contribution in [0.4, 0.5) is 0 Å². The minimum absolute atomic E-state index is 0.0621. The first-order valence-electron chi connectivity index (χ1n) is 13.8. The van der Waals surface area contributed by atoms with Crippen LogP contribution < -0.4 is 14.9 Å². The fourth-order valence-electron chi connectivity index (χ4n) is 5.58. The summed E-state index contributed by atoms with van der Waals surface area (Å²) >= 11 is 1.27. The van der Waals surface area contributed by atoms with Gasteiger partial charge in [0.1, 0.15) is 6.54 Å². The molecule has 1 aliphatic heterocycles. The number of nitrogens with zero attached hydrogens (tertiary/aromatic N) is 3. The van der Waals surface area contributed by atoms with Crippen molar-refractivity contribution in [1.82, 2.24) is 9.13 Å². The Morgan fingerprint density at radius 1 is 0.952 bits per heavy atom. The molecule has 3 heterocycles. The van der Waals surface area contributed by atoms with E-state index in [0.717, 1.165) is 32.8 Å². The van der Waals surface area contributed by atoms with Crippen LogP contribution in [0.15, 0.2) is 94.0 Å². The zero-order valence-electron chi connectivity index (χ0n) is 23.5. The summed E-state index contributed by atoms with van der Waals surface area (Å²) in [5, 5.41) is 2.85. The topological polar surface area (TPSA) is 91.9 Å². The Labute approximate surface area is 245 Å². The number of benzene rings is 3. The molecule has 0 N–H and O–H groups in total. The molecule has 0 spiro atoms. The Bertz CT molecular complexity index is 2080. The van der Waals surface area contributed by atoms with Crippen LogP contribution in [0.3, 0.4) is 0 Å². The van der Waals surface area contributed by atoms with E-state index in [1.54, 1.807) is 25.3 Å². The SMILES string of the molecule is CCOC(=O)Cn1cc(/C=c2/sc3n(c2=O)C(c2cccc4ccccc24)C(C(=O)OCC)=C(C)N=3)c2ccccc21.